The molecule has 2 amide bonds. The van der Waals surface area contributed by atoms with Gasteiger partial charge in [-0.1, -0.05) is 6.07 Å². The molecular formula is C21H17IN2O4. The lowest BCUT2D eigenvalue weighted by Gasteiger charge is -2.09. The molecule has 0 aliphatic rings. The number of hydrogen-bond donors (Lipinski definition) is 3. The van der Waals surface area contributed by atoms with Crippen LogP contribution in [0, 0.1) is 3.57 Å². The number of anilines is 2. The normalized spacial score (nSPS) is 10.2. The smallest absolute Gasteiger partial charge is 0.262 e. The van der Waals surface area contributed by atoms with Crippen LogP contribution in [0.4, 0.5) is 11.4 Å². The number of ether oxygens (including phenoxy) is 1. The van der Waals surface area contributed by atoms with Crippen molar-refractivity contribution in [3.8, 4) is 11.5 Å². The van der Waals surface area contributed by atoms with Crippen LogP contribution in [-0.4, -0.2) is 23.5 Å². The number of amides is 2. The van der Waals surface area contributed by atoms with Gasteiger partial charge in [-0.2, -0.15) is 0 Å². The molecule has 0 spiro atoms. The number of phenols is 1. The molecule has 0 aliphatic heterocycles. The Bertz CT molecular complexity index is 972. The molecule has 3 rings (SSSR count). The van der Waals surface area contributed by atoms with E-state index in [4.69, 9.17) is 4.74 Å². The van der Waals surface area contributed by atoms with E-state index < -0.39 is 0 Å². The molecule has 3 aromatic rings. The van der Waals surface area contributed by atoms with E-state index in [1.807, 2.05) is 12.1 Å². The highest BCUT2D eigenvalue weighted by Crippen LogP contribution is 2.17. The minimum absolute atomic E-state index is 0.0725. The first-order valence-electron chi connectivity index (χ1n) is 8.38. The summed E-state index contributed by atoms with van der Waals surface area (Å²) in [5.74, 6) is 0.0823. The number of halogens is 1. The molecule has 0 radical (unpaired) electrons. The van der Waals surface area contributed by atoms with Crippen LogP contribution in [0.15, 0.2) is 72.8 Å². The maximum Gasteiger partial charge on any atom is 0.262 e. The molecule has 0 aliphatic carbocycles. The van der Waals surface area contributed by atoms with Gasteiger partial charge in [0.25, 0.3) is 11.8 Å². The van der Waals surface area contributed by atoms with E-state index in [1.54, 1.807) is 48.5 Å². The Hall–Kier alpha value is -3.07. The number of nitrogens with one attached hydrogen (secondary N) is 2. The van der Waals surface area contributed by atoms with Crippen LogP contribution in [0.3, 0.4) is 0 Å². The largest absolute Gasteiger partial charge is 0.508 e. The molecular weight excluding hydrogens is 471 g/mol. The number of carbonyl (C=O) groups excluding carboxylic acids is 2. The van der Waals surface area contributed by atoms with Crippen molar-refractivity contribution in [2.45, 2.75) is 0 Å². The molecule has 7 heteroatoms. The molecule has 0 atom stereocenters. The Labute approximate surface area is 175 Å². The summed E-state index contributed by atoms with van der Waals surface area (Å²) >= 11 is 2.19. The number of aromatic hydroxyl groups is 1. The van der Waals surface area contributed by atoms with E-state index in [0.29, 0.717) is 22.7 Å². The number of benzene rings is 3. The molecule has 3 aromatic carbocycles. The van der Waals surface area contributed by atoms with Gasteiger partial charge in [0.05, 0.1) is 0 Å². The van der Waals surface area contributed by atoms with Crippen LogP contribution in [0.1, 0.15) is 10.4 Å². The van der Waals surface area contributed by atoms with Gasteiger partial charge in [-0.05, 0) is 83.3 Å². The van der Waals surface area contributed by atoms with Gasteiger partial charge >= 0.3 is 0 Å². The minimum atomic E-state index is -0.314. The van der Waals surface area contributed by atoms with Crippen molar-refractivity contribution in [1.82, 2.24) is 0 Å². The van der Waals surface area contributed by atoms with Crippen molar-refractivity contribution in [3.63, 3.8) is 0 Å². The molecule has 28 heavy (non-hydrogen) atoms. The highest BCUT2D eigenvalue weighted by atomic mass is 127. The van der Waals surface area contributed by atoms with Crippen molar-refractivity contribution in [1.29, 1.82) is 0 Å². The molecule has 0 bridgehead atoms. The SMILES string of the molecule is O=C(COc1ccc(I)cc1)Nc1ccc(C(=O)Nc2cccc(O)c2)cc1. The highest BCUT2D eigenvalue weighted by Gasteiger charge is 2.08. The standard InChI is InChI=1S/C21H17IN2O4/c22-15-6-10-19(11-7-15)28-13-20(26)23-16-8-4-14(5-9-16)21(27)24-17-2-1-3-18(25)12-17/h1-12,25H,13H2,(H,23,26)(H,24,27). The van der Waals surface area contributed by atoms with Crippen LogP contribution in [0.2, 0.25) is 0 Å². The van der Waals surface area contributed by atoms with E-state index in [0.717, 1.165) is 3.57 Å². The summed E-state index contributed by atoms with van der Waals surface area (Å²) in [5, 5.41) is 14.9. The number of phenolic OH excluding ortho intramolecular Hbond substituents is 1. The Balaban J connectivity index is 1.52. The van der Waals surface area contributed by atoms with Gasteiger partial charge in [0, 0.05) is 26.6 Å². The predicted molar refractivity (Wildman–Crippen MR) is 116 cm³/mol. The van der Waals surface area contributed by atoms with Crippen LogP contribution >= 0.6 is 22.6 Å². The van der Waals surface area contributed by atoms with Crippen molar-refractivity contribution < 1.29 is 19.4 Å². The van der Waals surface area contributed by atoms with Gasteiger partial charge in [-0.3, -0.25) is 9.59 Å². The average Bonchev–Trinajstić information content (AvgIpc) is 2.68. The number of hydrogen-bond acceptors (Lipinski definition) is 4. The fourth-order valence-electron chi connectivity index (χ4n) is 2.37. The lowest BCUT2D eigenvalue weighted by Crippen LogP contribution is -2.20. The van der Waals surface area contributed by atoms with Crippen LogP contribution in [0.5, 0.6) is 11.5 Å². The van der Waals surface area contributed by atoms with Gasteiger partial charge in [-0.25, -0.2) is 0 Å². The maximum absolute atomic E-state index is 12.2. The second-order valence-corrected chi connectivity index (χ2v) is 7.12. The van der Waals surface area contributed by atoms with Gasteiger partial charge in [0.15, 0.2) is 6.61 Å². The zero-order chi connectivity index (χ0) is 19.9. The minimum Gasteiger partial charge on any atom is -0.508 e. The summed E-state index contributed by atoms with van der Waals surface area (Å²) in [6.07, 6.45) is 0. The van der Waals surface area contributed by atoms with Crippen molar-refractivity contribution in [3.05, 3.63) is 81.9 Å². The Kier molecular flexibility index (Phi) is 6.49. The summed E-state index contributed by atoms with van der Waals surface area (Å²) in [6.45, 7) is -0.111. The van der Waals surface area contributed by atoms with E-state index in [-0.39, 0.29) is 24.2 Å². The number of carbonyl (C=O) groups is 2. The first-order valence-corrected chi connectivity index (χ1v) is 9.46. The summed E-state index contributed by atoms with van der Waals surface area (Å²) in [5.41, 5.74) is 1.48. The summed E-state index contributed by atoms with van der Waals surface area (Å²) in [6, 6.07) is 20.2. The maximum atomic E-state index is 12.2. The van der Waals surface area contributed by atoms with Crippen LogP contribution in [0.25, 0.3) is 0 Å². The van der Waals surface area contributed by atoms with E-state index in [2.05, 4.69) is 33.2 Å². The lowest BCUT2D eigenvalue weighted by atomic mass is 10.2. The lowest BCUT2D eigenvalue weighted by molar-refractivity contribution is -0.118. The third kappa shape index (κ3) is 5.71. The molecule has 6 nitrogen and oxygen atoms in total. The van der Waals surface area contributed by atoms with Crippen LogP contribution in [-0.2, 0) is 4.79 Å². The monoisotopic (exact) mass is 488 g/mol. The molecule has 3 N–H and O–H groups in total. The van der Waals surface area contributed by atoms with Gasteiger partial charge in [0.1, 0.15) is 11.5 Å². The zero-order valence-corrected chi connectivity index (χ0v) is 16.8. The van der Waals surface area contributed by atoms with Gasteiger partial charge in [-0.15, -0.1) is 0 Å². The molecule has 0 aromatic heterocycles. The van der Waals surface area contributed by atoms with Crippen LogP contribution < -0.4 is 15.4 Å². The quantitative estimate of drug-likeness (QED) is 0.453. The second-order valence-electron chi connectivity index (χ2n) is 5.87. The first-order chi connectivity index (χ1) is 13.5. The third-order valence-corrected chi connectivity index (χ3v) is 4.44. The van der Waals surface area contributed by atoms with E-state index in [1.165, 1.54) is 12.1 Å². The summed E-state index contributed by atoms with van der Waals surface area (Å²) in [7, 11) is 0. The molecule has 142 valence electrons. The topological polar surface area (TPSA) is 87.7 Å². The Morgan fingerprint density at radius 3 is 2.29 bits per heavy atom. The Morgan fingerprint density at radius 1 is 0.893 bits per heavy atom. The third-order valence-electron chi connectivity index (χ3n) is 3.72. The Morgan fingerprint density at radius 2 is 1.61 bits per heavy atom. The first kappa shape index (κ1) is 19.7. The second kappa shape index (κ2) is 9.23. The van der Waals surface area contributed by atoms with Crippen molar-refractivity contribution in [2.24, 2.45) is 0 Å². The zero-order valence-electron chi connectivity index (χ0n) is 14.7. The highest BCUT2D eigenvalue weighted by molar-refractivity contribution is 14.1. The number of rotatable bonds is 6. The fraction of sp³-hybridized carbons (Fsp3) is 0.0476. The van der Waals surface area contributed by atoms with Gasteiger partial charge in [0.2, 0.25) is 0 Å². The molecule has 0 heterocycles. The summed E-state index contributed by atoms with van der Waals surface area (Å²) in [4.78, 5) is 24.2. The molecule has 0 saturated heterocycles. The van der Waals surface area contributed by atoms with Crippen molar-refractivity contribution in [2.75, 3.05) is 17.2 Å². The fourth-order valence-corrected chi connectivity index (χ4v) is 2.73. The van der Waals surface area contributed by atoms with E-state index in [9.17, 15) is 14.7 Å². The average molecular weight is 488 g/mol. The van der Waals surface area contributed by atoms with E-state index >= 15 is 0 Å². The molecule has 0 unspecified atom stereocenters. The predicted octanol–water partition coefficient (Wildman–Crippen LogP) is 4.27. The van der Waals surface area contributed by atoms with Crippen molar-refractivity contribution >= 4 is 45.8 Å². The molecule has 0 fully saturated rings. The molecule has 0 saturated carbocycles. The summed E-state index contributed by atoms with van der Waals surface area (Å²) < 4.78 is 6.52. The van der Waals surface area contributed by atoms with Gasteiger partial charge < -0.3 is 20.5 Å².